The molecule has 2 nitrogen and oxygen atoms in total. The lowest BCUT2D eigenvalue weighted by atomic mass is 10.1. The molecule has 1 atom stereocenters. The molecule has 1 aromatic carbocycles. The van der Waals surface area contributed by atoms with E-state index in [-0.39, 0.29) is 0 Å². The molecule has 0 radical (unpaired) electrons. The van der Waals surface area contributed by atoms with Crippen LogP contribution >= 0.6 is 0 Å². The Morgan fingerprint density at radius 2 is 2.07 bits per heavy atom. The Labute approximate surface area is 91.1 Å². The van der Waals surface area contributed by atoms with Crippen LogP contribution in [0, 0.1) is 0 Å². The Morgan fingerprint density at radius 1 is 1.20 bits per heavy atom. The molecule has 2 aliphatic carbocycles. The third kappa shape index (κ3) is 1.63. The largest absolute Gasteiger partial charge is 0.388 e. The Balaban J connectivity index is 1.91. The molecule has 2 heteroatoms. The van der Waals surface area contributed by atoms with Gasteiger partial charge < -0.3 is 10.6 Å². The molecule has 1 aromatic rings. The fourth-order valence-corrected chi connectivity index (χ4v) is 2.61. The zero-order valence-electron chi connectivity index (χ0n) is 9.22. The summed E-state index contributed by atoms with van der Waals surface area (Å²) in [5.41, 5.74) is 4.36. The summed E-state index contributed by atoms with van der Waals surface area (Å²) >= 11 is 0. The summed E-state index contributed by atoms with van der Waals surface area (Å²) in [6.07, 6.45) is 5.24. The number of nitrogens with one attached hydrogen (secondary N) is 2. The van der Waals surface area contributed by atoms with Crippen LogP contribution in [0.4, 0.5) is 5.69 Å². The molecule has 0 spiro atoms. The molecule has 1 saturated carbocycles. The Hall–Kier alpha value is -1.02. The summed E-state index contributed by atoms with van der Waals surface area (Å²) in [7, 11) is 2.02. The molecule has 1 unspecified atom stereocenters. The van der Waals surface area contributed by atoms with Gasteiger partial charge in [-0.3, -0.25) is 0 Å². The first-order chi connectivity index (χ1) is 7.38. The van der Waals surface area contributed by atoms with Gasteiger partial charge in [0.15, 0.2) is 0 Å². The molecule has 15 heavy (non-hydrogen) atoms. The third-order valence-electron chi connectivity index (χ3n) is 3.53. The minimum absolute atomic E-state index is 0.594. The van der Waals surface area contributed by atoms with E-state index in [1.165, 1.54) is 42.5 Å². The highest BCUT2D eigenvalue weighted by molar-refractivity contribution is 5.57. The average molecular weight is 202 g/mol. The first-order valence-electron chi connectivity index (χ1n) is 5.94. The van der Waals surface area contributed by atoms with Gasteiger partial charge in [0.2, 0.25) is 0 Å². The van der Waals surface area contributed by atoms with Gasteiger partial charge in [-0.2, -0.15) is 0 Å². The van der Waals surface area contributed by atoms with Crippen LogP contribution in [0.3, 0.4) is 0 Å². The molecule has 1 fully saturated rings. The van der Waals surface area contributed by atoms with E-state index >= 15 is 0 Å². The van der Waals surface area contributed by atoms with Crippen molar-refractivity contribution in [3.63, 3.8) is 0 Å². The lowest BCUT2D eigenvalue weighted by molar-refractivity contribution is 0.528. The summed E-state index contributed by atoms with van der Waals surface area (Å²) in [5, 5.41) is 7.05. The standard InChI is InChI=1S/C13H18N2/c1-14-11-4-2-3-9-5-8-12(13(9)11)15-10-6-7-10/h2-4,10,12,14-15H,5-8H2,1H3. The van der Waals surface area contributed by atoms with Crippen LogP contribution in [-0.2, 0) is 6.42 Å². The minimum Gasteiger partial charge on any atom is -0.388 e. The second kappa shape index (κ2) is 3.53. The van der Waals surface area contributed by atoms with Crippen molar-refractivity contribution in [2.24, 2.45) is 0 Å². The monoisotopic (exact) mass is 202 g/mol. The summed E-state index contributed by atoms with van der Waals surface area (Å²) < 4.78 is 0. The van der Waals surface area contributed by atoms with E-state index in [9.17, 15) is 0 Å². The highest BCUT2D eigenvalue weighted by atomic mass is 15.0. The van der Waals surface area contributed by atoms with Crippen molar-refractivity contribution in [1.82, 2.24) is 5.32 Å². The SMILES string of the molecule is CNc1cccc2c1C(NC1CC1)CC2. The topological polar surface area (TPSA) is 24.1 Å². The van der Waals surface area contributed by atoms with Crippen molar-refractivity contribution >= 4 is 5.69 Å². The second-order valence-electron chi connectivity index (χ2n) is 4.66. The van der Waals surface area contributed by atoms with Crippen molar-refractivity contribution in [2.45, 2.75) is 37.8 Å². The van der Waals surface area contributed by atoms with Crippen LogP contribution in [0.25, 0.3) is 0 Å². The van der Waals surface area contributed by atoms with E-state index in [1.807, 2.05) is 7.05 Å². The molecule has 80 valence electrons. The van der Waals surface area contributed by atoms with Crippen molar-refractivity contribution in [3.05, 3.63) is 29.3 Å². The Morgan fingerprint density at radius 3 is 2.80 bits per heavy atom. The highest BCUT2D eigenvalue weighted by Crippen LogP contribution is 2.38. The number of hydrogen-bond donors (Lipinski definition) is 2. The van der Waals surface area contributed by atoms with Crippen molar-refractivity contribution < 1.29 is 0 Å². The Kier molecular flexibility index (Phi) is 2.17. The van der Waals surface area contributed by atoms with E-state index in [2.05, 4.69) is 28.8 Å². The molecule has 0 aromatic heterocycles. The number of benzene rings is 1. The highest BCUT2D eigenvalue weighted by Gasteiger charge is 2.30. The predicted molar refractivity (Wildman–Crippen MR) is 63.2 cm³/mol. The summed E-state index contributed by atoms with van der Waals surface area (Å²) in [6, 6.07) is 8.00. The van der Waals surface area contributed by atoms with Gasteiger partial charge in [0.1, 0.15) is 0 Å². The average Bonchev–Trinajstić information content (AvgIpc) is 2.98. The van der Waals surface area contributed by atoms with Gasteiger partial charge in [-0.15, -0.1) is 0 Å². The minimum atomic E-state index is 0.594. The van der Waals surface area contributed by atoms with Crippen LogP contribution < -0.4 is 10.6 Å². The van der Waals surface area contributed by atoms with Crippen LogP contribution in [0.1, 0.15) is 36.4 Å². The van der Waals surface area contributed by atoms with Crippen LogP contribution in [0.2, 0.25) is 0 Å². The van der Waals surface area contributed by atoms with E-state index in [4.69, 9.17) is 0 Å². The van der Waals surface area contributed by atoms with Crippen molar-refractivity contribution in [2.75, 3.05) is 12.4 Å². The first-order valence-corrected chi connectivity index (χ1v) is 5.94. The number of rotatable bonds is 3. The lowest BCUT2D eigenvalue weighted by Crippen LogP contribution is -2.21. The van der Waals surface area contributed by atoms with Gasteiger partial charge in [0, 0.05) is 24.8 Å². The number of fused-ring (bicyclic) bond motifs is 1. The van der Waals surface area contributed by atoms with Crippen LogP contribution in [-0.4, -0.2) is 13.1 Å². The Bertz CT molecular complexity index is 369. The molecular formula is C13H18N2. The molecule has 2 aliphatic rings. The molecule has 0 aliphatic heterocycles. The molecular weight excluding hydrogens is 184 g/mol. The number of hydrogen-bond acceptors (Lipinski definition) is 2. The fourth-order valence-electron chi connectivity index (χ4n) is 2.61. The van der Waals surface area contributed by atoms with E-state index in [0.717, 1.165) is 6.04 Å². The molecule has 2 N–H and O–H groups in total. The van der Waals surface area contributed by atoms with Gasteiger partial charge in [-0.25, -0.2) is 0 Å². The third-order valence-corrected chi connectivity index (χ3v) is 3.53. The molecule has 0 bridgehead atoms. The number of aryl methyl sites for hydroxylation is 1. The zero-order valence-corrected chi connectivity index (χ0v) is 9.22. The second-order valence-corrected chi connectivity index (χ2v) is 4.66. The summed E-state index contributed by atoms with van der Waals surface area (Å²) in [5.74, 6) is 0. The van der Waals surface area contributed by atoms with Gasteiger partial charge in [-0.05, 0) is 42.9 Å². The summed E-state index contributed by atoms with van der Waals surface area (Å²) in [4.78, 5) is 0. The quantitative estimate of drug-likeness (QED) is 0.786. The predicted octanol–water partition coefficient (Wildman–Crippen LogP) is 2.47. The van der Waals surface area contributed by atoms with E-state index in [1.54, 1.807) is 0 Å². The zero-order chi connectivity index (χ0) is 10.3. The molecule has 0 amide bonds. The van der Waals surface area contributed by atoms with Gasteiger partial charge in [0.25, 0.3) is 0 Å². The van der Waals surface area contributed by atoms with Crippen molar-refractivity contribution in [1.29, 1.82) is 0 Å². The maximum atomic E-state index is 3.74. The summed E-state index contributed by atoms with van der Waals surface area (Å²) in [6.45, 7) is 0. The van der Waals surface area contributed by atoms with Gasteiger partial charge in [0.05, 0.1) is 0 Å². The van der Waals surface area contributed by atoms with E-state index < -0.39 is 0 Å². The maximum Gasteiger partial charge on any atom is 0.0388 e. The smallest absolute Gasteiger partial charge is 0.0388 e. The van der Waals surface area contributed by atoms with Crippen LogP contribution in [0.5, 0.6) is 0 Å². The maximum absolute atomic E-state index is 3.74. The first kappa shape index (κ1) is 9.22. The van der Waals surface area contributed by atoms with Gasteiger partial charge in [-0.1, -0.05) is 12.1 Å². The molecule has 0 saturated heterocycles. The number of anilines is 1. The lowest BCUT2D eigenvalue weighted by Gasteiger charge is -2.17. The van der Waals surface area contributed by atoms with Crippen molar-refractivity contribution in [3.8, 4) is 0 Å². The van der Waals surface area contributed by atoms with E-state index in [0.29, 0.717) is 6.04 Å². The molecule has 3 rings (SSSR count). The molecule has 0 heterocycles. The van der Waals surface area contributed by atoms with Gasteiger partial charge >= 0.3 is 0 Å². The fraction of sp³-hybridized carbons (Fsp3) is 0.538. The normalized spacial score (nSPS) is 23.9. The van der Waals surface area contributed by atoms with Crippen LogP contribution in [0.15, 0.2) is 18.2 Å².